The Labute approximate surface area is 142 Å². The molecule has 8 heteroatoms. The lowest BCUT2D eigenvalue weighted by Gasteiger charge is -2.10. The number of pyridine rings is 1. The number of ether oxygens (including phenoxy) is 2. The molecule has 2 aromatic rings. The maximum atomic E-state index is 13.4. The van der Waals surface area contributed by atoms with E-state index in [0.717, 1.165) is 11.1 Å². The molecule has 23 heavy (non-hydrogen) atoms. The van der Waals surface area contributed by atoms with Crippen LogP contribution in [-0.4, -0.2) is 17.6 Å². The highest BCUT2D eigenvalue weighted by atomic mass is 35.5. The molecule has 0 radical (unpaired) electrons. The molecule has 0 bridgehead atoms. The first-order valence-corrected chi connectivity index (χ1v) is 7.28. The second kappa shape index (κ2) is 7.48. The zero-order chi connectivity index (χ0) is 17.0. The lowest BCUT2D eigenvalue weighted by atomic mass is 10.1. The summed E-state index contributed by atoms with van der Waals surface area (Å²) in [5.41, 5.74) is 7.17. The van der Waals surface area contributed by atoms with Gasteiger partial charge in [-0.15, -0.1) is 0 Å². The van der Waals surface area contributed by atoms with Crippen molar-refractivity contribution >= 4 is 34.9 Å². The van der Waals surface area contributed by atoms with Crippen molar-refractivity contribution in [3.8, 4) is 5.88 Å². The van der Waals surface area contributed by atoms with Crippen LogP contribution in [0.4, 0.5) is 10.1 Å². The molecule has 0 aliphatic heterocycles. The Morgan fingerprint density at radius 2 is 2.00 bits per heavy atom. The SMILES string of the molecule is Cc1ccccc1COC(=O)COc1nc(F)c(Cl)c(N)c1Cl. The van der Waals surface area contributed by atoms with Crippen molar-refractivity contribution in [1.29, 1.82) is 0 Å². The van der Waals surface area contributed by atoms with Crippen LogP contribution in [0.5, 0.6) is 5.88 Å². The third-order valence-corrected chi connectivity index (χ3v) is 3.74. The molecule has 0 aliphatic rings. The second-order valence-corrected chi connectivity index (χ2v) is 5.38. The highest BCUT2D eigenvalue weighted by Crippen LogP contribution is 2.35. The summed E-state index contributed by atoms with van der Waals surface area (Å²) in [5.74, 6) is -2.00. The smallest absolute Gasteiger partial charge is 0.344 e. The van der Waals surface area contributed by atoms with Crippen LogP contribution in [0, 0.1) is 12.9 Å². The zero-order valence-corrected chi connectivity index (χ0v) is 13.6. The fraction of sp³-hybridized carbons (Fsp3) is 0.200. The summed E-state index contributed by atoms with van der Waals surface area (Å²) in [6.07, 6.45) is 0. The Morgan fingerprint density at radius 3 is 2.70 bits per heavy atom. The molecule has 0 spiro atoms. The number of rotatable bonds is 5. The van der Waals surface area contributed by atoms with Crippen molar-refractivity contribution in [2.24, 2.45) is 0 Å². The van der Waals surface area contributed by atoms with E-state index in [1.807, 2.05) is 31.2 Å². The molecular weight excluding hydrogens is 346 g/mol. The summed E-state index contributed by atoms with van der Waals surface area (Å²) >= 11 is 11.4. The summed E-state index contributed by atoms with van der Waals surface area (Å²) in [5, 5.41) is -0.562. The van der Waals surface area contributed by atoms with Crippen LogP contribution in [0.25, 0.3) is 0 Å². The average Bonchev–Trinajstić information content (AvgIpc) is 2.54. The molecule has 2 N–H and O–H groups in total. The van der Waals surface area contributed by atoms with Crippen LogP contribution in [0.3, 0.4) is 0 Å². The number of carbonyl (C=O) groups is 1. The Balaban J connectivity index is 1.94. The predicted octanol–water partition coefficient (Wildman–Crippen LogP) is 3.54. The van der Waals surface area contributed by atoms with Gasteiger partial charge in [-0.1, -0.05) is 47.5 Å². The number of hydrogen-bond acceptors (Lipinski definition) is 5. The molecular formula is C15H13Cl2FN2O3. The predicted molar refractivity (Wildman–Crippen MR) is 85.1 cm³/mol. The minimum Gasteiger partial charge on any atom is -0.464 e. The van der Waals surface area contributed by atoms with Gasteiger partial charge in [-0.05, 0) is 18.1 Å². The number of hydrogen-bond donors (Lipinski definition) is 1. The third kappa shape index (κ3) is 4.24. The minimum absolute atomic E-state index is 0.104. The van der Waals surface area contributed by atoms with Crippen LogP contribution in [-0.2, 0) is 16.1 Å². The largest absolute Gasteiger partial charge is 0.464 e. The van der Waals surface area contributed by atoms with Crippen molar-refractivity contribution < 1.29 is 18.7 Å². The molecule has 2 rings (SSSR count). The summed E-state index contributed by atoms with van der Waals surface area (Å²) in [4.78, 5) is 15.1. The minimum atomic E-state index is -1.03. The Morgan fingerprint density at radius 1 is 1.30 bits per heavy atom. The summed E-state index contributed by atoms with van der Waals surface area (Å²) in [6, 6.07) is 7.48. The van der Waals surface area contributed by atoms with E-state index in [1.165, 1.54) is 0 Å². The van der Waals surface area contributed by atoms with Gasteiger partial charge in [0.2, 0.25) is 11.8 Å². The number of halogens is 3. The molecule has 0 aliphatic carbocycles. The third-order valence-electron chi connectivity index (χ3n) is 3.02. The summed E-state index contributed by atoms with van der Waals surface area (Å²) in [6.45, 7) is 1.52. The fourth-order valence-corrected chi connectivity index (χ4v) is 2.08. The number of nitrogens with zero attached hydrogens (tertiary/aromatic N) is 1. The number of aryl methyl sites for hydroxylation is 1. The van der Waals surface area contributed by atoms with E-state index in [2.05, 4.69) is 4.98 Å². The van der Waals surface area contributed by atoms with Crippen molar-refractivity contribution in [2.75, 3.05) is 12.3 Å². The Kier molecular flexibility index (Phi) is 5.63. The van der Waals surface area contributed by atoms with E-state index >= 15 is 0 Å². The molecule has 1 aromatic carbocycles. The van der Waals surface area contributed by atoms with Gasteiger partial charge in [0.1, 0.15) is 16.7 Å². The molecule has 0 saturated carbocycles. The number of benzene rings is 1. The van der Waals surface area contributed by atoms with Crippen LogP contribution in [0.15, 0.2) is 24.3 Å². The van der Waals surface area contributed by atoms with E-state index in [1.54, 1.807) is 0 Å². The van der Waals surface area contributed by atoms with Crippen molar-refractivity contribution in [1.82, 2.24) is 4.98 Å². The maximum absolute atomic E-state index is 13.4. The van der Waals surface area contributed by atoms with Gasteiger partial charge >= 0.3 is 5.97 Å². The number of nitrogens with two attached hydrogens (primary N) is 1. The van der Waals surface area contributed by atoms with Crippen molar-refractivity contribution in [3.63, 3.8) is 0 Å². The molecule has 0 saturated heterocycles. The van der Waals surface area contributed by atoms with Gasteiger partial charge in [-0.2, -0.15) is 9.37 Å². The first-order valence-electron chi connectivity index (χ1n) is 6.53. The molecule has 0 fully saturated rings. The van der Waals surface area contributed by atoms with Crippen LogP contribution in [0.1, 0.15) is 11.1 Å². The summed E-state index contributed by atoms with van der Waals surface area (Å²) in [7, 11) is 0. The molecule has 1 aromatic heterocycles. The van der Waals surface area contributed by atoms with Gasteiger partial charge in [-0.3, -0.25) is 0 Å². The lowest BCUT2D eigenvalue weighted by molar-refractivity contribution is -0.147. The first-order chi connectivity index (χ1) is 10.9. The number of anilines is 1. The standard InChI is InChI=1S/C15H13Cl2FN2O3/c1-8-4-2-3-5-9(8)6-22-10(21)7-23-15-12(17)13(19)11(16)14(18)20-15/h2-5H,6-7H2,1H3,(H2,19,20). The summed E-state index contributed by atoms with van der Waals surface area (Å²) < 4.78 is 23.5. The zero-order valence-electron chi connectivity index (χ0n) is 12.1. The van der Waals surface area contributed by atoms with Crippen LogP contribution in [0.2, 0.25) is 10.0 Å². The lowest BCUT2D eigenvalue weighted by Crippen LogP contribution is -2.16. The van der Waals surface area contributed by atoms with Gasteiger partial charge in [0, 0.05) is 0 Å². The molecule has 0 unspecified atom stereocenters. The monoisotopic (exact) mass is 358 g/mol. The quantitative estimate of drug-likeness (QED) is 0.653. The number of esters is 1. The van der Waals surface area contributed by atoms with Crippen molar-refractivity contribution in [2.45, 2.75) is 13.5 Å². The number of aromatic nitrogens is 1. The van der Waals surface area contributed by atoms with Crippen LogP contribution >= 0.6 is 23.2 Å². The van der Waals surface area contributed by atoms with Crippen molar-refractivity contribution in [3.05, 3.63) is 51.4 Å². The average molecular weight is 359 g/mol. The normalized spacial score (nSPS) is 10.4. The highest BCUT2D eigenvalue weighted by molar-refractivity contribution is 6.39. The maximum Gasteiger partial charge on any atom is 0.344 e. The van der Waals surface area contributed by atoms with Gasteiger partial charge in [0.15, 0.2) is 6.61 Å². The van der Waals surface area contributed by atoms with E-state index in [-0.39, 0.29) is 23.2 Å². The molecule has 1 heterocycles. The molecule has 0 atom stereocenters. The molecule has 5 nitrogen and oxygen atoms in total. The number of carbonyl (C=O) groups excluding carboxylic acids is 1. The topological polar surface area (TPSA) is 74.4 Å². The van der Waals surface area contributed by atoms with E-state index < -0.39 is 23.5 Å². The highest BCUT2D eigenvalue weighted by Gasteiger charge is 2.17. The van der Waals surface area contributed by atoms with Gasteiger partial charge in [0.05, 0.1) is 5.69 Å². The molecule has 122 valence electrons. The Hall–Kier alpha value is -2.05. The van der Waals surface area contributed by atoms with E-state index in [4.69, 9.17) is 38.4 Å². The van der Waals surface area contributed by atoms with Crippen LogP contribution < -0.4 is 10.5 Å². The first kappa shape index (κ1) is 17.3. The van der Waals surface area contributed by atoms with Gasteiger partial charge in [0.25, 0.3) is 0 Å². The Bertz CT molecular complexity index is 741. The van der Waals surface area contributed by atoms with Gasteiger partial charge in [-0.25, -0.2) is 4.79 Å². The van der Waals surface area contributed by atoms with E-state index in [9.17, 15) is 9.18 Å². The second-order valence-electron chi connectivity index (χ2n) is 4.63. The number of nitrogen functional groups attached to an aromatic ring is 1. The molecule has 0 amide bonds. The van der Waals surface area contributed by atoms with Gasteiger partial charge < -0.3 is 15.2 Å². The van der Waals surface area contributed by atoms with E-state index in [0.29, 0.717) is 0 Å². The fourth-order valence-electron chi connectivity index (χ4n) is 1.70.